The van der Waals surface area contributed by atoms with E-state index in [9.17, 15) is 0 Å². The second-order valence-electron chi connectivity index (χ2n) is 5.40. The lowest BCUT2D eigenvalue weighted by Crippen LogP contribution is -2.23. The van der Waals surface area contributed by atoms with Crippen molar-refractivity contribution in [3.05, 3.63) is 66.6 Å². The van der Waals surface area contributed by atoms with Gasteiger partial charge in [0.15, 0.2) is 0 Å². The van der Waals surface area contributed by atoms with Gasteiger partial charge in [-0.2, -0.15) is 4.57 Å². The molecule has 0 aliphatic rings. The lowest BCUT2D eigenvalue weighted by molar-refractivity contribution is -0.670. The molecule has 0 amide bonds. The van der Waals surface area contributed by atoms with Gasteiger partial charge in [0.2, 0.25) is 12.1 Å². The highest BCUT2D eigenvalue weighted by molar-refractivity contribution is 6.31. The van der Waals surface area contributed by atoms with Crippen molar-refractivity contribution in [2.24, 2.45) is 7.05 Å². The first kappa shape index (κ1) is 14.6. The Morgan fingerprint density at radius 3 is 2.79 bits per heavy atom. The van der Waals surface area contributed by atoms with Crippen molar-refractivity contribution in [2.75, 3.05) is 5.32 Å². The molecule has 0 atom stereocenters. The average molecular weight is 338 g/mol. The summed E-state index contributed by atoms with van der Waals surface area (Å²) in [4.78, 5) is 13.0. The van der Waals surface area contributed by atoms with Crippen LogP contribution in [0.2, 0.25) is 5.02 Å². The van der Waals surface area contributed by atoms with Crippen LogP contribution in [0, 0.1) is 0 Å². The first-order valence-electron chi connectivity index (χ1n) is 7.36. The van der Waals surface area contributed by atoms with Crippen LogP contribution in [0.5, 0.6) is 0 Å². The van der Waals surface area contributed by atoms with Gasteiger partial charge in [-0.3, -0.25) is 0 Å². The Morgan fingerprint density at radius 1 is 1.12 bits per heavy atom. The van der Waals surface area contributed by atoms with Crippen LogP contribution in [0.15, 0.2) is 61.6 Å². The number of fused-ring (bicyclic) bond motifs is 1. The molecule has 0 aliphatic carbocycles. The van der Waals surface area contributed by atoms with E-state index in [-0.39, 0.29) is 0 Å². The number of pyridine rings is 1. The molecule has 0 saturated heterocycles. The topological polar surface area (TPSA) is 59.5 Å². The molecule has 0 fully saturated rings. The van der Waals surface area contributed by atoms with Gasteiger partial charge in [-0.1, -0.05) is 11.6 Å². The van der Waals surface area contributed by atoms with Gasteiger partial charge in [0.1, 0.15) is 24.5 Å². The number of rotatable bonds is 3. The fraction of sp³-hybridized carbons (Fsp3) is 0.0588. The predicted octanol–water partition coefficient (Wildman–Crippen LogP) is 3.04. The quantitative estimate of drug-likeness (QED) is 0.584. The maximum atomic E-state index is 6.01. The Morgan fingerprint density at radius 2 is 2.04 bits per heavy atom. The van der Waals surface area contributed by atoms with E-state index in [1.807, 2.05) is 65.2 Å². The molecule has 0 aliphatic heterocycles. The minimum Gasteiger partial charge on any atom is -0.338 e. The van der Waals surface area contributed by atoms with Gasteiger partial charge < -0.3 is 5.32 Å². The molecule has 1 aromatic carbocycles. The van der Waals surface area contributed by atoms with Crippen molar-refractivity contribution in [3.63, 3.8) is 0 Å². The number of anilines is 2. The molecular weight excluding hydrogens is 324 g/mol. The van der Waals surface area contributed by atoms with E-state index in [0.717, 1.165) is 28.2 Å². The minimum absolute atomic E-state index is 0.651. The molecule has 0 bridgehead atoms. The number of aryl methyl sites for hydroxylation is 1. The van der Waals surface area contributed by atoms with E-state index < -0.39 is 0 Å². The average Bonchev–Trinajstić information content (AvgIpc) is 3.02. The molecule has 3 heterocycles. The first-order valence-corrected chi connectivity index (χ1v) is 7.74. The van der Waals surface area contributed by atoms with Crippen molar-refractivity contribution in [1.29, 1.82) is 0 Å². The van der Waals surface area contributed by atoms with E-state index in [1.54, 1.807) is 6.20 Å². The Hall–Kier alpha value is -2.99. The van der Waals surface area contributed by atoms with Gasteiger partial charge in [-0.15, -0.1) is 0 Å². The van der Waals surface area contributed by atoms with Crippen molar-refractivity contribution in [2.45, 2.75) is 0 Å². The second kappa shape index (κ2) is 5.90. The molecule has 4 rings (SSSR count). The molecule has 3 aromatic heterocycles. The number of benzene rings is 1. The number of hydrogen-bond acceptors (Lipinski definition) is 4. The van der Waals surface area contributed by atoms with Crippen molar-refractivity contribution in [3.8, 4) is 5.82 Å². The monoisotopic (exact) mass is 337 g/mol. The molecule has 7 heteroatoms. The standard InChI is InChI=1S/C17H14ClN6/c1-23-6-7-24(11-23)16-5-3-13(9-19-16)22-17-14-4-2-12(18)8-15(14)20-10-21-17/h2-11H,1H3,(H,20,21,22)/q+1. The summed E-state index contributed by atoms with van der Waals surface area (Å²) in [6.07, 6.45) is 9.17. The minimum atomic E-state index is 0.651. The van der Waals surface area contributed by atoms with Crippen molar-refractivity contribution >= 4 is 34.0 Å². The van der Waals surface area contributed by atoms with Crippen LogP contribution in [0.3, 0.4) is 0 Å². The van der Waals surface area contributed by atoms with E-state index in [2.05, 4.69) is 20.3 Å². The molecule has 0 saturated carbocycles. The number of hydrogen-bond donors (Lipinski definition) is 1. The van der Waals surface area contributed by atoms with Crippen LogP contribution >= 0.6 is 11.6 Å². The summed E-state index contributed by atoms with van der Waals surface area (Å²) in [5.74, 6) is 1.57. The Labute approximate surface area is 143 Å². The number of imidazole rings is 1. The van der Waals surface area contributed by atoms with E-state index in [0.29, 0.717) is 5.02 Å². The lowest BCUT2D eigenvalue weighted by atomic mass is 10.2. The number of nitrogens with zero attached hydrogens (tertiary/aromatic N) is 5. The third-order valence-electron chi connectivity index (χ3n) is 3.64. The Kier molecular flexibility index (Phi) is 3.59. The van der Waals surface area contributed by atoms with Crippen LogP contribution in [0.4, 0.5) is 11.5 Å². The second-order valence-corrected chi connectivity index (χ2v) is 5.84. The number of halogens is 1. The zero-order chi connectivity index (χ0) is 16.5. The first-order chi connectivity index (χ1) is 11.7. The third kappa shape index (κ3) is 2.79. The maximum Gasteiger partial charge on any atom is 0.250 e. The van der Waals surface area contributed by atoms with Gasteiger partial charge in [0, 0.05) is 16.5 Å². The highest BCUT2D eigenvalue weighted by atomic mass is 35.5. The van der Waals surface area contributed by atoms with Crippen LogP contribution < -0.4 is 9.88 Å². The molecule has 0 radical (unpaired) electrons. The summed E-state index contributed by atoms with van der Waals surface area (Å²) in [5.41, 5.74) is 1.65. The van der Waals surface area contributed by atoms with E-state index in [4.69, 9.17) is 11.6 Å². The number of aromatic nitrogens is 5. The van der Waals surface area contributed by atoms with Crippen LogP contribution in [-0.4, -0.2) is 19.5 Å². The maximum absolute atomic E-state index is 6.01. The van der Waals surface area contributed by atoms with Crippen molar-refractivity contribution < 1.29 is 4.57 Å². The number of nitrogens with one attached hydrogen (secondary N) is 1. The van der Waals surface area contributed by atoms with Gasteiger partial charge >= 0.3 is 0 Å². The highest BCUT2D eigenvalue weighted by Gasteiger charge is 2.08. The third-order valence-corrected chi connectivity index (χ3v) is 3.88. The summed E-state index contributed by atoms with van der Waals surface area (Å²) in [6, 6.07) is 9.46. The van der Waals surface area contributed by atoms with Gasteiger partial charge in [-0.05, 0) is 24.3 Å². The molecule has 118 valence electrons. The molecule has 1 N–H and O–H groups in total. The molecule has 6 nitrogen and oxygen atoms in total. The smallest absolute Gasteiger partial charge is 0.250 e. The fourth-order valence-electron chi connectivity index (χ4n) is 2.46. The normalized spacial score (nSPS) is 10.9. The zero-order valence-corrected chi connectivity index (χ0v) is 13.6. The van der Waals surface area contributed by atoms with E-state index >= 15 is 0 Å². The summed E-state index contributed by atoms with van der Waals surface area (Å²) < 4.78 is 3.91. The lowest BCUT2D eigenvalue weighted by Gasteiger charge is -2.08. The van der Waals surface area contributed by atoms with Gasteiger partial charge in [0.05, 0.1) is 24.4 Å². The molecule has 4 aromatic rings. The van der Waals surface area contributed by atoms with Gasteiger partial charge in [-0.25, -0.2) is 19.5 Å². The van der Waals surface area contributed by atoms with Crippen LogP contribution in [0.25, 0.3) is 16.7 Å². The molecule has 0 unspecified atom stereocenters. The van der Waals surface area contributed by atoms with Crippen LogP contribution in [0.1, 0.15) is 0 Å². The Bertz CT molecular complexity index is 1010. The molecule has 0 spiro atoms. The molecule has 24 heavy (non-hydrogen) atoms. The summed E-state index contributed by atoms with van der Waals surface area (Å²) in [5, 5.41) is 4.84. The van der Waals surface area contributed by atoms with Crippen molar-refractivity contribution in [1.82, 2.24) is 19.5 Å². The predicted molar refractivity (Wildman–Crippen MR) is 92.6 cm³/mol. The SMILES string of the molecule is C[n+]1ccn(-c2ccc(Nc3ncnc4cc(Cl)ccc34)cn2)c1. The summed E-state index contributed by atoms with van der Waals surface area (Å²) >= 11 is 6.01. The molecular formula is C17H14ClN6+. The van der Waals surface area contributed by atoms with Gasteiger partial charge in [0.25, 0.3) is 0 Å². The Balaban J connectivity index is 1.64. The largest absolute Gasteiger partial charge is 0.338 e. The van der Waals surface area contributed by atoms with Crippen LogP contribution in [-0.2, 0) is 7.05 Å². The summed E-state index contributed by atoms with van der Waals surface area (Å²) in [6.45, 7) is 0. The van der Waals surface area contributed by atoms with E-state index in [1.165, 1.54) is 6.33 Å². The highest BCUT2D eigenvalue weighted by Crippen LogP contribution is 2.25. The fourth-order valence-corrected chi connectivity index (χ4v) is 2.63. The summed E-state index contributed by atoms with van der Waals surface area (Å²) in [7, 11) is 1.97. The zero-order valence-electron chi connectivity index (χ0n) is 12.9.